The number of rotatable bonds is 6. The summed E-state index contributed by atoms with van der Waals surface area (Å²) in [7, 11) is 0. The molecule has 4 saturated carbocycles. The number of carbonyl (C=O) groups is 1. The zero-order chi connectivity index (χ0) is 19.9. The van der Waals surface area contributed by atoms with Crippen molar-refractivity contribution in [3.05, 3.63) is 35.4 Å². The molecule has 0 spiro atoms. The summed E-state index contributed by atoms with van der Waals surface area (Å²) in [6, 6.07) is 9.22. The molecule has 5 fully saturated rings. The van der Waals surface area contributed by atoms with Gasteiger partial charge in [-0.05, 0) is 81.2 Å². The second-order valence-corrected chi connectivity index (χ2v) is 10.6. The third-order valence-corrected chi connectivity index (χ3v) is 8.35. The smallest absolute Gasteiger partial charge is 0.226 e. The number of amides is 1. The van der Waals surface area contributed by atoms with Crippen molar-refractivity contribution in [3.63, 3.8) is 0 Å². The van der Waals surface area contributed by atoms with Gasteiger partial charge in [0.1, 0.15) is 0 Å². The molecule has 2 atom stereocenters. The van der Waals surface area contributed by atoms with Gasteiger partial charge in [0.15, 0.2) is 0 Å². The maximum absolute atomic E-state index is 13.4. The Morgan fingerprint density at radius 2 is 1.79 bits per heavy atom. The second-order valence-electron chi connectivity index (χ2n) is 10.6. The molecular formula is C25H37N3O. The molecule has 1 aliphatic heterocycles. The van der Waals surface area contributed by atoms with Crippen LogP contribution in [0.15, 0.2) is 24.3 Å². The predicted octanol–water partition coefficient (Wildman–Crippen LogP) is 3.24. The molecule has 1 saturated heterocycles. The van der Waals surface area contributed by atoms with Crippen LogP contribution in [0.1, 0.15) is 56.1 Å². The summed E-state index contributed by atoms with van der Waals surface area (Å²) >= 11 is 0. The first-order chi connectivity index (χ1) is 14.1. The minimum atomic E-state index is -0.107. The number of hydrogen-bond donors (Lipinski definition) is 2. The Hall–Kier alpha value is -1.39. The van der Waals surface area contributed by atoms with Gasteiger partial charge in [0.25, 0.3) is 0 Å². The Labute approximate surface area is 175 Å². The molecular weight excluding hydrogens is 358 g/mol. The molecule has 2 N–H and O–H groups in total. The third kappa shape index (κ3) is 3.74. The van der Waals surface area contributed by atoms with Gasteiger partial charge in [-0.2, -0.15) is 0 Å². The van der Waals surface area contributed by atoms with Gasteiger partial charge in [-0.3, -0.25) is 4.79 Å². The number of aryl methyl sites for hydroxylation is 1. The number of benzene rings is 1. The fraction of sp³-hybridized carbons (Fsp3) is 0.720. The van der Waals surface area contributed by atoms with Gasteiger partial charge in [0, 0.05) is 32.7 Å². The normalized spacial score (nSPS) is 36.3. The van der Waals surface area contributed by atoms with E-state index in [0.717, 1.165) is 76.8 Å². The lowest BCUT2D eigenvalue weighted by molar-refractivity contribution is -0.149. The quantitative estimate of drug-likeness (QED) is 0.727. The minimum Gasteiger partial charge on any atom is -0.356 e. The van der Waals surface area contributed by atoms with Crippen LogP contribution < -0.4 is 10.6 Å². The number of carbonyl (C=O) groups excluding carboxylic acids is 1. The van der Waals surface area contributed by atoms with Gasteiger partial charge in [0.2, 0.25) is 5.91 Å². The summed E-state index contributed by atoms with van der Waals surface area (Å²) in [6.45, 7) is 8.57. The summed E-state index contributed by atoms with van der Waals surface area (Å²) in [5.74, 6) is 1.84. The van der Waals surface area contributed by atoms with Crippen molar-refractivity contribution in [3.8, 4) is 0 Å². The summed E-state index contributed by atoms with van der Waals surface area (Å²) < 4.78 is 0. The molecule has 158 valence electrons. The molecule has 4 heteroatoms. The predicted molar refractivity (Wildman–Crippen MR) is 117 cm³/mol. The van der Waals surface area contributed by atoms with Crippen LogP contribution in [0, 0.1) is 24.2 Å². The van der Waals surface area contributed by atoms with Crippen molar-refractivity contribution < 1.29 is 4.79 Å². The average molecular weight is 396 g/mol. The third-order valence-electron chi connectivity index (χ3n) is 8.35. The van der Waals surface area contributed by atoms with Crippen LogP contribution in [-0.4, -0.2) is 50.1 Å². The van der Waals surface area contributed by atoms with Crippen molar-refractivity contribution >= 4 is 5.91 Å². The average Bonchev–Trinajstić information content (AvgIpc) is 2.71. The van der Waals surface area contributed by atoms with Gasteiger partial charge in [-0.15, -0.1) is 0 Å². The molecule has 2 unspecified atom stereocenters. The Kier molecular flexibility index (Phi) is 5.19. The first-order valence-electron chi connectivity index (χ1n) is 11.9. The number of nitrogens with zero attached hydrogens (tertiary/aromatic N) is 1. The highest BCUT2D eigenvalue weighted by atomic mass is 16.2. The van der Waals surface area contributed by atoms with E-state index in [2.05, 4.69) is 46.7 Å². The molecule has 4 aliphatic carbocycles. The maximum Gasteiger partial charge on any atom is 0.226 e. The maximum atomic E-state index is 13.4. The van der Waals surface area contributed by atoms with Crippen molar-refractivity contribution in [1.29, 1.82) is 0 Å². The molecule has 1 heterocycles. The van der Waals surface area contributed by atoms with Gasteiger partial charge in [-0.1, -0.05) is 29.8 Å². The summed E-state index contributed by atoms with van der Waals surface area (Å²) in [5, 5.41) is 6.78. The van der Waals surface area contributed by atoms with E-state index in [-0.39, 0.29) is 10.8 Å². The largest absolute Gasteiger partial charge is 0.356 e. The Balaban J connectivity index is 1.24. The van der Waals surface area contributed by atoms with Gasteiger partial charge >= 0.3 is 0 Å². The lowest BCUT2D eigenvalue weighted by atomic mass is 9.42. The minimum absolute atomic E-state index is 0.107. The number of piperazine rings is 1. The molecule has 4 bridgehead atoms. The van der Waals surface area contributed by atoms with Crippen molar-refractivity contribution in [2.45, 2.75) is 57.3 Å². The van der Waals surface area contributed by atoms with E-state index in [1.54, 1.807) is 0 Å². The first kappa shape index (κ1) is 19.6. The molecule has 5 aliphatic rings. The summed E-state index contributed by atoms with van der Waals surface area (Å²) in [6.07, 6.45) is 8.33. The van der Waals surface area contributed by atoms with Crippen molar-refractivity contribution in [1.82, 2.24) is 15.5 Å². The summed E-state index contributed by atoms with van der Waals surface area (Å²) in [4.78, 5) is 16.0. The van der Waals surface area contributed by atoms with Gasteiger partial charge in [-0.25, -0.2) is 0 Å². The van der Waals surface area contributed by atoms with Gasteiger partial charge in [0.05, 0.1) is 5.41 Å². The molecule has 0 radical (unpaired) electrons. The zero-order valence-electron chi connectivity index (χ0n) is 18.0. The highest BCUT2D eigenvalue weighted by Gasteiger charge is 2.60. The summed E-state index contributed by atoms with van der Waals surface area (Å²) in [5.41, 5.74) is 2.96. The second kappa shape index (κ2) is 7.70. The van der Waals surface area contributed by atoms with E-state index in [4.69, 9.17) is 0 Å². The molecule has 6 rings (SSSR count). The molecule has 1 amide bonds. The first-order valence-corrected chi connectivity index (χ1v) is 11.9. The number of hydrogen-bond acceptors (Lipinski definition) is 3. The van der Waals surface area contributed by atoms with Crippen molar-refractivity contribution in [2.24, 2.45) is 17.3 Å². The van der Waals surface area contributed by atoms with Crippen LogP contribution in [0.4, 0.5) is 0 Å². The van der Waals surface area contributed by atoms with Crippen LogP contribution in [0.3, 0.4) is 0 Å². The topological polar surface area (TPSA) is 44.4 Å². The molecule has 0 aromatic heterocycles. The van der Waals surface area contributed by atoms with Crippen LogP contribution in [0.25, 0.3) is 0 Å². The Morgan fingerprint density at radius 1 is 1.10 bits per heavy atom. The van der Waals surface area contributed by atoms with Crippen molar-refractivity contribution in [2.75, 3.05) is 39.3 Å². The van der Waals surface area contributed by atoms with Gasteiger partial charge < -0.3 is 15.5 Å². The Bertz CT molecular complexity index is 723. The lowest BCUT2D eigenvalue weighted by Gasteiger charge is -2.61. The van der Waals surface area contributed by atoms with Crippen LogP contribution in [-0.2, 0) is 10.2 Å². The Morgan fingerprint density at radius 3 is 2.48 bits per heavy atom. The molecule has 4 nitrogen and oxygen atoms in total. The van der Waals surface area contributed by atoms with Crippen LogP contribution in [0.5, 0.6) is 0 Å². The number of nitrogens with one attached hydrogen (secondary N) is 2. The fourth-order valence-corrected chi connectivity index (χ4v) is 7.40. The van der Waals surface area contributed by atoms with E-state index in [1.165, 1.54) is 30.4 Å². The molecule has 1 aromatic carbocycles. The molecule has 1 aromatic rings. The van der Waals surface area contributed by atoms with E-state index in [0.29, 0.717) is 5.91 Å². The standard InChI is InChI=1S/C25H37N3O/c1-19-3-5-22(6-4-19)24-14-20-13-21(15-24)17-25(16-20,18-24)23(29)27-7-2-10-28-11-8-26-9-12-28/h3-6,20-21,26H,2,7-18H2,1H3,(H,27,29). The van der Waals surface area contributed by atoms with E-state index in [1.807, 2.05) is 0 Å². The molecule has 29 heavy (non-hydrogen) atoms. The van der Waals surface area contributed by atoms with E-state index < -0.39 is 0 Å². The van der Waals surface area contributed by atoms with Crippen LogP contribution in [0.2, 0.25) is 0 Å². The SMILES string of the molecule is Cc1ccc(C23CC4CC(CC(C(=O)NCCCN5CCNCC5)(C4)C2)C3)cc1. The monoisotopic (exact) mass is 395 g/mol. The van der Waals surface area contributed by atoms with E-state index >= 15 is 0 Å². The zero-order valence-corrected chi connectivity index (χ0v) is 18.0. The lowest BCUT2D eigenvalue weighted by Crippen LogP contribution is -2.59. The fourth-order valence-electron chi connectivity index (χ4n) is 7.40. The highest BCUT2D eigenvalue weighted by Crippen LogP contribution is 2.65. The van der Waals surface area contributed by atoms with Crippen LogP contribution >= 0.6 is 0 Å². The highest BCUT2D eigenvalue weighted by molar-refractivity contribution is 5.83. The van der Waals surface area contributed by atoms with E-state index in [9.17, 15) is 4.79 Å².